The molecule has 0 aromatic carbocycles. The minimum atomic E-state index is -2.86. The molecule has 0 amide bonds. The SMILES string of the molecule is CCC(O)OC[C]12[CH]3[CH]4[CH]5[CH]1[Fe]45321678[CH]2[CH]1[CH]6[CH]7[CH]28. The minimum absolute atomic E-state index is 0.463. The fraction of sp³-hybridized carbons (Fsp3) is 1.00. The summed E-state index contributed by atoms with van der Waals surface area (Å²) in [7, 11) is 0. The van der Waals surface area contributed by atoms with E-state index in [2.05, 4.69) is 0 Å². The van der Waals surface area contributed by atoms with E-state index < -0.39 is 12.8 Å². The van der Waals surface area contributed by atoms with Crippen LogP contribution in [-0.4, -0.2) is 18.0 Å². The predicted molar refractivity (Wildman–Crippen MR) is 58.7 cm³/mol. The molecule has 0 aliphatic carbocycles. The van der Waals surface area contributed by atoms with Crippen LogP contribution in [0.2, 0.25) is 47.7 Å². The van der Waals surface area contributed by atoms with Gasteiger partial charge in [0, 0.05) is 0 Å². The molecule has 5 atom stereocenters. The van der Waals surface area contributed by atoms with Crippen molar-refractivity contribution in [3.05, 3.63) is 0 Å². The van der Waals surface area contributed by atoms with Crippen molar-refractivity contribution < 1.29 is 16.4 Å². The van der Waals surface area contributed by atoms with Gasteiger partial charge in [-0.1, -0.05) is 0 Å². The van der Waals surface area contributed by atoms with E-state index in [-0.39, 0.29) is 0 Å². The molecule has 0 radical (unpaired) electrons. The fourth-order valence-electron chi connectivity index (χ4n) is 17.4. The summed E-state index contributed by atoms with van der Waals surface area (Å²) in [5.41, 5.74) is 0. The van der Waals surface area contributed by atoms with Crippen molar-refractivity contribution in [2.75, 3.05) is 6.61 Å². The van der Waals surface area contributed by atoms with E-state index in [9.17, 15) is 5.11 Å². The number of hydrogen-bond donors (Lipinski definition) is 1. The van der Waals surface area contributed by atoms with Crippen molar-refractivity contribution >= 4 is 0 Å². The molecule has 10 fully saturated rings. The molecule has 0 saturated carbocycles. The zero-order valence-corrected chi connectivity index (χ0v) is 11.0. The van der Waals surface area contributed by atoms with Crippen molar-refractivity contribution in [1.29, 1.82) is 0 Å². The van der Waals surface area contributed by atoms with Gasteiger partial charge in [-0.25, -0.2) is 0 Å². The van der Waals surface area contributed by atoms with Gasteiger partial charge in [0.1, 0.15) is 0 Å². The summed E-state index contributed by atoms with van der Waals surface area (Å²) >= 11 is 0. The van der Waals surface area contributed by atoms with E-state index in [1.54, 1.807) is 0 Å². The molecule has 1 N–H and O–H groups in total. The molecule has 10 rings (SSSR count). The van der Waals surface area contributed by atoms with Crippen LogP contribution < -0.4 is 0 Å². The molecule has 17 heavy (non-hydrogen) atoms. The normalized spacial score (nSPS) is 121. The van der Waals surface area contributed by atoms with Crippen LogP contribution in [0.1, 0.15) is 13.3 Å². The first-order chi connectivity index (χ1) is 8.00. The summed E-state index contributed by atoms with van der Waals surface area (Å²) in [6.45, 7) is 0.191. The van der Waals surface area contributed by atoms with Crippen molar-refractivity contribution in [2.45, 2.75) is 67.3 Å². The van der Waals surface area contributed by atoms with Gasteiger partial charge in [-0.15, -0.1) is 0 Å². The van der Waals surface area contributed by atoms with Gasteiger partial charge in [-0.05, 0) is 0 Å². The summed E-state index contributed by atoms with van der Waals surface area (Å²) in [5, 5.41) is 9.75. The standard InChI is InChI=1S/C9H13O2.C5H5.Fe/c1-2-9(10)11-7-8-5-3-4-6-8;1-2-4-5-3-1;/h3-6,9-10H,2,7H2,1H3;1-5H;. The Morgan fingerprint density at radius 1 is 1.06 bits per heavy atom. The van der Waals surface area contributed by atoms with Crippen molar-refractivity contribution in [1.82, 2.24) is 0 Å². The molecule has 10 saturated heterocycles. The third-order valence-corrected chi connectivity index (χ3v) is 58.8. The Hall–Kier alpha value is 0.439. The molecule has 10 aliphatic heterocycles. The first kappa shape index (κ1) is 6.74. The van der Waals surface area contributed by atoms with E-state index in [0.717, 1.165) is 17.3 Å². The van der Waals surface area contributed by atoms with Crippen LogP contribution in [0.5, 0.6) is 0 Å². The zero-order chi connectivity index (χ0) is 10.7. The van der Waals surface area contributed by atoms with Crippen LogP contribution >= 0.6 is 0 Å². The molecule has 94 valence electrons. The van der Waals surface area contributed by atoms with Crippen molar-refractivity contribution in [3.63, 3.8) is 0 Å². The molecule has 1 spiro atoms. The molecule has 2 nitrogen and oxygen atoms in total. The van der Waals surface area contributed by atoms with Gasteiger partial charge < -0.3 is 0 Å². The van der Waals surface area contributed by atoms with E-state index in [4.69, 9.17) is 4.74 Å². The van der Waals surface area contributed by atoms with E-state index in [1.165, 1.54) is 43.3 Å². The summed E-state index contributed by atoms with van der Waals surface area (Å²) in [4.78, 5) is 12.4. The molecule has 3 heteroatoms. The van der Waals surface area contributed by atoms with Gasteiger partial charge >= 0.3 is 90.3 Å². The number of fused-ring (bicyclic) bond motifs is 10. The number of aliphatic hydroxyl groups is 1. The average molecular weight is 274 g/mol. The summed E-state index contributed by atoms with van der Waals surface area (Å²) in [5.74, 6) is 0. The number of aliphatic hydroxyl groups excluding tert-OH is 1. The zero-order valence-electron chi connectivity index (χ0n) is 9.90. The van der Waals surface area contributed by atoms with Crippen molar-refractivity contribution in [3.8, 4) is 0 Å². The van der Waals surface area contributed by atoms with Crippen LogP contribution in [0.3, 0.4) is 0 Å². The Kier molecular flexibility index (Phi) is 0.218. The summed E-state index contributed by atoms with van der Waals surface area (Å²) in [6.07, 6.45) is 0.308. The van der Waals surface area contributed by atoms with Gasteiger partial charge in [-0.2, -0.15) is 0 Å². The van der Waals surface area contributed by atoms with Crippen LogP contribution in [0.15, 0.2) is 0 Å². The molecule has 0 aromatic heterocycles. The van der Waals surface area contributed by atoms with Gasteiger partial charge in [0.25, 0.3) is 0 Å². The Bertz CT molecular complexity index is 852. The molecule has 5 unspecified atom stereocenters. The average Bonchev–Trinajstić information content (AvgIpc) is 3.27. The van der Waals surface area contributed by atoms with Gasteiger partial charge in [0.15, 0.2) is 0 Å². The summed E-state index contributed by atoms with van der Waals surface area (Å²) in [6, 6.07) is 0. The predicted octanol–water partition coefficient (Wildman–Crippen LogP) is 3.49. The second-order valence-electron chi connectivity index (χ2n) is 11.0. The molecular weight excluding hydrogens is 256 g/mol. The van der Waals surface area contributed by atoms with Gasteiger partial charge in [-0.3, -0.25) is 0 Å². The summed E-state index contributed by atoms with van der Waals surface area (Å²) < 4.78 is 6.75. The van der Waals surface area contributed by atoms with Gasteiger partial charge in [0.05, 0.1) is 0 Å². The molecule has 0 aromatic rings. The van der Waals surface area contributed by atoms with Crippen LogP contribution in [-0.2, 0) is 11.2 Å². The maximum absolute atomic E-state index is 9.75. The van der Waals surface area contributed by atoms with Crippen LogP contribution in [0.4, 0.5) is 0 Å². The number of ether oxygens (including phenoxy) is 1. The number of rotatable bonds is 4. The fourth-order valence-corrected chi connectivity index (χ4v) is 91.9. The van der Waals surface area contributed by atoms with E-state index in [0.29, 0.717) is 0 Å². The van der Waals surface area contributed by atoms with Crippen LogP contribution in [0.25, 0.3) is 0 Å². The molecule has 0 bridgehead atoms. The maximum atomic E-state index is 9.75. The molecule has 10 heterocycles. The van der Waals surface area contributed by atoms with Crippen molar-refractivity contribution in [2.24, 2.45) is 0 Å². The Morgan fingerprint density at radius 2 is 1.59 bits per heavy atom. The third-order valence-electron chi connectivity index (χ3n) is 15.8. The first-order valence-corrected chi connectivity index (χ1v) is 13.8. The first-order valence-electron chi connectivity index (χ1n) is 7.51. The number of hydrogen-bond acceptors (Lipinski definition) is 2. The quantitative estimate of drug-likeness (QED) is 0.628. The molecule has 10 aliphatic rings. The molecular formula is C14H18FeO2. The Morgan fingerprint density at radius 3 is 1.88 bits per heavy atom. The Labute approximate surface area is 90.4 Å². The van der Waals surface area contributed by atoms with Crippen LogP contribution in [0, 0.1) is 0 Å². The van der Waals surface area contributed by atoms with E-state index >= 15 is 0 Å². The van der Waals surface area contributed by atoms with E-state index in [1.807, 2.05) is 6.92 Å². The third kappa shape index (κ3) is 0.0699. The second-order valence-corrected chi connectivity index (χ2v) is 34.7. The second kappa shape index (κ2) is 0.550. The Balaban J connectivity index is 1.38. The van der Waals surface area contributed by atoms with Gasteiger partial charge in [0.2, 0.25) is 0 Å². The monoisotopic (exact) mass is 274 g/mol. The topological polar surface area (TPSA) is 29.5 Å².